The molecule has 6 fully saturated rings. The van der Waals surface area contributed by atoms with E-state index >= 15 is 9.59 Å². The van der Waals surface area contributed by atoms with Gasteiger partial charge in [-0.25, -0.2) is 13.4 Å². The maximum absolute atomic E-state index is 15.4. The number of hydrogen-bond acceptors (Lipinski definition) is 12. The van der Waals surface area contributed by atoms with E-state index in [1.54, 1.807) is 17.9 Å². The van der Waals surface area contributed by atoms with Crippen LogP contribution in [0.5, 0.6) is 11.6 Å². The highest BCUT2D eigenvalue weighted by Gasteiger charge is 2.63. The minimum atomic E-state index is -3.97. The van der Waals surface area contributed by atoms with Crippen molar-refractivity contribution in [3.63, 3.8) is 0 Å². The van der Waals surface area contributed by atoms with Crippen LogP contribution in [-0.2, 0) is 45.1 Å². The molecule has 366 valence electrons. The molecule has 2 saturated heterocycles. The Hall–Kier alpha value is -4.08. The van der Waals surface area contributed by atoms with Gasteiger partial charge in [0.1, 0.15) is 18.0 Å². The van der Waals surface area contributed by atoms with Gasteiger partial charge in [-0.05, 0) is 107 Å². The van der Waals surface area contributed by atoms with Gasteiger partial charge in [-0.2, -0.15) is 0 Å². The van der Waals surface area contributed by atoms with Crippen molar-refractivity contribution in [2.24, 2.45) is 28.6 Å². The van der Waals surface area contributed by atoms with E-state index in [9.17, 15) is 18.0 Å². The number of ether oxygens (including phenoxy) is 4. The second-order valence-electron chi connectivity index (χ2n) is 21.6. The molecule has 14 nitrogen and oxygen atoms in total. The second kappa shape index (κ2) is 19.7. The number of hydrogen-bond donors (Lipinski definition) is 1. The number of aromatic nitrogens is 1. The number of para-hydroxylation sites is 1. The van der Waals surface area contributed by atoms with E-state index in [0.717, 1.165) is 132 Å². The number of rotatable bonds is 13. The molecule has 0 radical (unpaired) electrons. The third kappa shape index (κ3) is 10.4. The van der Waals surface area contributed by atoms with Crippen molar-refractivity contribution >= 4 is 44.5 Å². The third-order valence-corrected chi connectivity index (χ3v) is 18.8. The van der Waals surface area contributed by atoms with Crippen molar-refractivity contribution in [3.05, 3.63) is 42.5 Å². The molecule has 1 N–H and O–H groups in total. The molecule has 9 rings (SSSR count). The average Bonchev–Trinajstić information content (AvgIpc) is 4.26. The number of sulfonamides is 1. The van der Waals surface area contributed by atoms with E-state index in [1.807, 2.05) is 24.3 Å². The molecule has 2 bridgehead atoms. The molecule has 2 amide bonds. The molecule has 3 aliphatic heterocycles. The van der Waals surface area contributed by atoms with Gasteiger partial charge in [-0.15, -0.1) is 6.58 Å². The van der Waals surface area contributed by atoms with Crippen LogP contribution in [0.15, 0.2) is 36.9 Å². The zero-order valence-electron chi connectivity index (χ0n) is 39.8. The summed E-state index contributed by atoms with van der Waals surface area (Å²) in [5.41, 5.74) is -0.215. The summed E-state index contributed by atoms with van der Waals surface area (Å²) in [5, 5.41) is 0.903. The topological polar surface area (TPSA) is 171 Å². The van der Waals surface area contributed by atoms with E-state index in [1.165, 1.54) is 0 Å². The third-order valence-electron chi connectivity index (χ3n) is 16.6. The lowest BCUT2D eigenvalue weighted by molar-refractivity contribution is -0.155. The van der Waals surface area contributed by atoms with Gasteiger partial charge in [-0.1, -0.05) is 57.2 Å². The first kappa shape index (κ1) is 48.0. The van der Waals surface area contributed by atoms with Crippen LogP contribution < -0.4 is 14.2 Å². The Morgan fingerprint density at radius 1 is 0.970 bits per heavy atom. The van der Waals surface area contributed by atoms with Crippen LogP contribution in [-0.4, -0.2) is 116 Å². The largest absolute Gasteiger partial charge is 0.492 e. The molecule has 4 saturated carbocycles. The lowest BCUT2D eigenvalue weighted by Crippen LogP contribution is -2.50. The number of amides is 2. The molecule has 1 aromatic carbocycles. The number of benzene rings is 1. The molecule has 1 aromatic heterocycles. The number of Topliss-reactive ketones (excluding diaryl/α,β-unsaturated/α-hetero) is 1. The Morgan fingerprint density at radius 2 is 1.76 bits per heavy atom. The van der Waals surface area contributed by atoms with Crippen LogP contribution >= 0.6 is 0 Å². The number of pyridine rings is 1. The van der Waals surface area contributed by atoms with E-state index in [2.05, 4.69) is 23.1 Å². The maximum atomic E-state index is 15.4. The summed E-state index contributed by atoms with van der Waals surface area (Å²) in [4.78, 5) is 67.5. The van der Waals surface area contributed by atoms with Gasteiger partial charge in [0.05, 0.1) is 59.4 Å². The maximum Gasteiger partial charge on any atom is 0.306 e. The molecule has 15 heteroatoms. The molecule has 0 unspecified atom stereocenters. The SMILES string of the molecule is C=C[C@@H]1C[C@]1(CC(=O)[C@@H]1C[C@@H]2CN1C(=O)[C@H](C1(C)CCCCC1)CC(=O)O[C@@H]1C[C@H]1CCCCCc1c(nc3ccccc3c1OCCCN1CCCOCC1)O2)C(=O)NS(=O)(=O)C1(C)CC1. The Bertz CT molecular complexity index is 2300. The van der Waals surface area contributed by atoms with Crippen LogP contribution in [0.25, 0.3) is 10.9 Å². The van der Waals surface area contributed by atoms with Crippen molar-refractivity contribution in [3.8, 4) is 11.6 Å². The van der Waals surface area contributed by atoms with E-state index in [4.69, 9.17) is 23.9 Å². The Morgan fingerprint density at radius 3 is 2.54 bits per heavy atom. The van der Waals surface area contributed by atoms with Crippen LogP contribution in [0.2, 0.25) is 0 Å². The van der Waals surface area contributed by atoms with Crippen molar-refractivity contribution in [1.82, 2.24) is 19.5 Å². The van der Waals surface area contributed by atoms with Crippen molar-refractivity contribution in [2.75, 3.05) is 46.0 Å². The number of fused-ring (bicyclic) bond motifs is 5. The molecule has 2 aromatic rings. The van der Waals surface area contributed by atoms with Gasteiger partial charge in [0.25, 0.3) is 0 Å². The summed E-state index contributed by atoms with van der Waals surface area (Å²) in [5.74, 6) is -1.37. The standard InChI is InChI=1S/C52H72N4O10S/c1-4-36-32-52(36,49(60)54-67(61,62)51(3)21-22-51)33-43(57)42-30-37-34-56(42)48(59)40(50(2)19-11-6-12-20-50)31-45(58)66-44-29-35(44)15-7-5-8-17-39-46(38-16-9-10-18-41(38)53-47(39)65-37)64-27-14-24-55-23-13-26-63-28-25-55/h4,9-10,16,18,35-37,40,42,44H,1,5-8,11-15,17,19-34H2,2-3H3,(H,54,60)/t35-,36-,37-,40-,42+,44-,52-/m1/s1. The molecule has 7 atom stereocenters. The predicted octanol–water partition coefficient (Wildman–Crippen LogP) is 7.25. The Balaban J connectivity index is 1.05. The minimum Gasteiger partial charge on any atom is -0.492 e. The first-order valence-electron chi connectivity index (χ1n) is 25.5. The number of allylic oxidation sites excluding steroid dienone is 1. The van der Waals surface area contributed by atoms with Gasteiger partial charge in [0.15, 0.2) is 5.78 Å². The predicted molar refractivity (Wildman–Crippen MR) is 253 cm³/mol. The summed E-state index contributed by atoms with van der Waals surface area (Å²) >= 11 is 0. The van der Waals surface area contributed by atoms with Crippen molar-refractivity contribution in [2.45, 2.75) is 159 Å². The van der Waals surface area contributed by atoms with Crippen LogP contribution in [0, 0.1) is 28.6 Å². The zero-order chi connectivity index (χ0) is 47.0. The van der Waals surface area contributed by atoms with E-state index < -0.39 is 55.5 Å². The number of esters is 1. The molecule has 0 spiro atoms. The summed E-state index contributed by atoms with van der Waals surface area (Å²) in [7, 11) is -3.97. The summed E-state index contributed by atoms with van der Waals surface area (Å²) in [6.45, 7) is 12.5. The van der Waals surface area contributed by atoms with Gasteiger partial charge in [-0.3, -0.25) is 23.9 Å². The molecule has 4 heterocycles. The molecule has 67 heavy (non-hydrogen) atoms. The molecule has 4 aliphatic carbocycles. The number of nitrogens with zero attached hydrogens (tertiary/aromatic N) is 3. The molecular weight excluding hydrogens is 873 g/mol. The number of nitrogens with one attached hydrogen (secondary N) is 1. The molecule has 7 aliphatic rings. The van der Waals surface area contributed by atoms with Crippen molar-refractivity contribution in [1.29, 1.82) is 0 Å². The number of ketones is 1. The quantitative estimate of drug-likeness (QED) is 0.121. The lowest BCUT2D eigenvalue weighted by Gasteiger charge is -2.42. The van der Waals surface area contributed by atoms with Gasteiger partial charge < -0.3 is 28.7 Å². The van der Waals surface area contributed by atoms with Crippen LogP contribution in [0.3, 0.4) is 0 Å². The minimum absolute atomic E-state index is 0.0715. The smallest absolute Gasteiger partial charge is 0.306 e. The molecular formula is C52H72N4O10S. The summed E-state index contributed by atoms with van der Waals surface area (Å²) in [6, 6.07) is 6.93. The lowest BCUT2D eigenvalue weighted by atomic mass is 9.65. The first-order valence-corrected chi connectivity index (χ1v) is 26.9. The zero-order valence-corrected chi connectivity index (χ0v) is 40.6. The summed E-state index contributed by atoms with van der Waals surface area (Å²) in [6.07, 6.45) is 13.3. The Labute approximate surface area is 396 Å². The van der Waals surface area contributed by atoms with Gasteiger partial charge >= 0.3 is 5.97 Å². The summed E-state index contributed by atoms with van der Waals surface area (Å²) < 4.78 is 53.5. The van der Waals surface area contributed by atoms with E-state index in [0.29, 0.717) is 37.7 Å². The highest BCUT2D eigenvalue weighted by molar-refractivity contribution is 7.91. The van der Waals surface area contributed by atoms with Crippen molar-refractivity contribution < 1.29 is 46.5 Å². The normalized spacial score (nSPS) is 31.1. The monoisotopic (exact) mass is 944 g/mol. The van der Waals surface area contributed by atoms with Crippen LogP contribution in [0.4, 0.5) is 0 Å². The fraction of sp³-hybridized carbons (Fsp3) is 0.712. The highest BCUT2D eigenvalue weighted by atomic mass is 32.2. The van der Waals surface area contributed by atoms with E-state index in [-0.39, 0.29) is 56.0 Å². The Kier molecular flexibility index (Phi) is 14.1. The number of carbonyl (C=O) groups is 4. The fourth-order valence-electron chi connectivity index (χ4n) is 11.6. The fourth-order valence-corrected chi connectivity index (χ4v) is 13.0. The number of carbonyl (C=O) groups excluding carboxylic acids is 4. The second-order valence-corrected chi connectivity index (χ2v) is 23.8. The van der Waals surface area contributed by atoms with Crippen LogP contribution in [0.1, 0.15) is 135 Å². The average molecular weight is 945 g/mol. The first-order chi connectivity index (χ1) is 32.2. The van der Waals surface area contributed by atoms with Gasteiger partial charge in [0, 0.05) is 44.5 Å². The highest BCUT2D eigenvalue weighted by Crippen LogP contribution is 2.57. The van der Waals surface area contributed by atoms with Gasteiger partial charge in [0.2, 0.25) is 27.7 Å².